The van der Waals surface area contributed by atoms with Crippen LogP contribution in [0.25, 0.3) is 0 Å². The Kier molecular flexibility index (Phi) is 4.52. The van der Waals surface area contributed by atoms with Gasteiger partial charge >= 0.3 is 6.18 Å². The van der Waals surface area contributed by atoms with E-state index < -0.39 is 18.5 Å². The second-order valence-corrected chi connectivity index (χ2v) is 5.07. The largest absolute Gasteiger partial charge is 0.405 e. The molecule has 112 valence electrons. The topological polar surface area (TPSA) is 15.3 Å². The van der Waals surface area contributed by atoms with Crippen molar-refractivity contribution in [3.05, 3.63) is 29.6 Å². The van der Waals surface area contributed by atoms with Crippen LogP contribution in [0.4, 0.5) is 23.2 Å². The summed E-state index contributed by atoms with van der Waals surface area (Å²) in [7, 11) is 0. The molecular weight excluding hydrogens is 272 g/mol. The van der Waals surface area contributed by atoms with Gasteiger partial charge in [0.1, 0.15) is 12.4 Å². The Bertz CT molecular complexity index is 455. The maximum atomic E-state index is 14.0. The van der Waals surface area contributed by atoms with Crippen LogP contribution in [-0.2, 0) is 6.54 Å². The third-order valence-electron chi connectivity index (χ3n) is 3.28. The van der Waals surface area contributed by atoms with Crippen molar-refractivity contribution in [3.63, 3.8) is 0 Å². The fraction of sp³-hybridized carbons (Fsp3) is 0.571. The lowest BCUT2D eigenvalue weighted by Crippen LogP contribution is -2.34. The third kappa shape index (κ3) is 4.37. The average Bonchev–Trinajstić information content (AvgIpc) is 3.17. The molecule has 2 rings (SSSR count). The van der Waals surface area contributed by atoms with Crippen molar-refractivity contribution in [1.29, 1.82) is 0 Å². The van der Waals surface area contributed by atoms with E-state index in [0.29, 0.717) is 12.6 Å². The van der Waals surface area contributed by atoms with Crippen LogP contribution in [0.1, 0.15) is 25.3 Å². The number of hydrogen-bond donors (Lipinski definition) is 1. The standard InChI is InChI=1S/C14H18F4N2/c1-2-20(9-14(16,17)18)13-6-3-10(7-12(13)15)8-19-11-4-5-11/h3,6-7,11,19H,2,4-5,8-9H2,1H3. The first kappa shape index (κ1) is 15.1. The van der Waals surface area contributed by atoms with Crippen molar-refractivity contribution in [3.8, 4) is 0 Å². The van der Waals surface area contributed by atoms with Crippen LogP contribution in [-0.4, -0.2) is 25.3 Å². The zero-order valence-electron chi connectivity index (χ0n) is 11.3. The molecule has 1 aliphatic carbocycles. The molecule has 0 radical (unpaired) electrons. The van der Waals surface area contributed by atoms with E-state index in [4.69, 9.17) is 0 Å². The van der Waals surface area contributed by atoms with E-state index in [-0.39, 0.29) is 12.2 Å². The van der Waals surface area contributed by atoms with E-state index in [0.717, 1.165) is 23.3 Å². The van der Waals surface area contributed by atoms with E-state index in [1.54, 1.807) is 13.0 Å². The fourth-order valence-corrected chi connectivity index (χ4v) is 2.05. The van der Waals surface area contributed by atoms with Crippen molar-refractivity contribution < 1.29 is 17.6 Å². The molecule has 0 amide bonds. The van der Waals surface area contributed by atoms with E-state index in [9.17, 15) is 17.6 Å². The monoisotopic (exact) mass is 290 g/mol. The van der Waals surface area contributed by atoms with Crippen LogP contribution in [0.3, 0.4) is 0 Å². The molecule has 0 bridgehead atoms. The fourth-order valence-electron chi connectivity index (χ4n) is 2.05. The van der Waals surface area contributed by atoms with Gasteiger partial charge in [0, 0.05) is 19.1 Å². The Morgan fingerprint density at radius 3 is 2.50 bits per heavy atom. The summed E-state index contributed by atoms with van der Waals surface area (Å²) in [6.45, 7) is 1.09. The summed E-state index contributed by atoms with van der Waals surface area (Å²) in [5.41, 5.74) is 0.751. The van der Waals surface area contributed by atoms with E-state index in [1.807, 2.05) is 0 Å². The third-order valence-corrected chi connectivity index (χ3v) is 3.28. The van der Waals surface area contributed by atoms with Gasteiger partial charge in [0.2, 0.25) is 0 Å². The Morgan fingerprint density at radius 2 is 2.00 bits per heavy atom. The highest BCUT2D eigenvalue weighted by atomic mass is 19.4. The van der Waals surface area contributed by atoms with E-state index in [1.165, 1.54) is 12.1 Å². The molecule has 2 nitrogen and oxygen atoms in total. The van der Waals surface area contributed by atoms with Crippen LogP contribution < -0.4 is 10.2 Å². The minimum Gasteiger partial charge on any atom is -0.360 e. The van der Waals surface area contributed by atoms with Crippen LogP contribution >= 0.6 is 0 Å². The summed E-state index contributed by atoms with van der Waals surface area (Å²) in [6.07, 6.45) is -2.07. The number of alkyl halides is 3. The molecule has 1 fully saturated rings. The molecule has 6 heteroatoms. The summed E-state index contributed by atoms with van der Waals surface area (Å²) < 4.78 is 51.3. The molecule has 0 aromatic heterocycles. The van der Waals surface area contributed by atoms with Gasteiger partial charge in [-0.3, -0.25) is 0 Å². The summed E-state index contributed by atoms with van der Waals surface area (Å²) >= 11 is 0. The molecule has 0 saturated heterocycles. The second kappa shape index (κ2) is 5.99. The molecule has 1 aromatic rings. The Labute approximate surface area is 115 Å². The highest BCUT2D eigenvalue weighted by Gasteiger charge is 2.31. The first-order chi connectivity index (χ1) is 9.39. The highest BCUT2D eigenvalue weighted by molar-refractivity contribution is 5.49. The van der Waals surface area contributed by atoms with Gasteiger partial charge in [-0.15, -0.1) is 0 Å². The number of rotatable bonds is 6. The zero-order chi connectivity index (χ0) is 14.8. The van der Waals surface area contributed by atoms with Gasteiger partial charge in [-0.1, -0.05) is 6.07 Å². The predicted octanol–water partition coefficient (Wildman–Crippen LogP) is 3.47. The number of nitrogens with zero attached hydrogens (tertiary/aromatic N) is 1. The highest BCUT2D eigenvalue weighted by Crippen LogP contribution is 2.25. The Hall–Kier alpha value is -1.30. The second-order valence-electron chi connectivity index (χ2n) is 5.07. The molecule has 1 saturated carbocycles. The minimum atomic E-state index is -4.34. The zero-order valence-corrected chi connectivity index (χ0v) is 11.3. The van der Waals surface area contributed by atoms with Crippen molar-refractivity contribution in [2.24, 2.45) is 0 Å². The Morgan fingerprint density at radius 1 is 1.30 bits per heavy atom. The minimum absolute atomic E-state index is 0.00000283. The molecule has 0 aliphatic heterocycles. The molecule has 1 N–H and O–H groups in total. The number of nitrogens with one attached hydrogen (secondary N) is 1. The number of benzene rings is 1. The molecular formula is C14H18F4N2. The summed E-state index contributed by atoms with van der Waals surface area (Å²) in [5, 5.41) is 3.24. The Balaban J connectivity index is 2.06. The number of anilines is 1. The lowest BCUT2D eigenvalue weighted by molar-refractivity contribution is -0.119. The van der Waals surface area contributed by atoms with Crippen LogP contribution in [0.15, 0.2) is 18.2 Å². The molecule has 1 aromatic carbocycles. The maximum Gasteiger partial charge on any atom is 0.405 e. The smallest absolute Gasteiger partial charge is 0.360 e. The van der Waals surface area contributed by atoms with E-state index >= 15 is 0 Å². The van der Waals surface area contributed by atoms with Gasteiger partial charge in [-0.05, 0) is 37.5 Å². The van der Waals surface area contributed by atoms with Crippen LogP contribution in [0.5, 0.6) is 0 Å². The van der Waals surface area contributed by atoms with Gasteiger partial charge < -0.3 is 10.2 Å². The van der Waals surface area contributed by atoms with Crippen molar-refractivity contribution >= 4 is 5.69 Å². The molecule has 1 aliphatic rings. The van der Waals surface area contributed by atoms with Crippen LogP contribution in [0, 0.1) is 5.82 Å². The number of hydrogen-bond acceptors (Lipinski definition) is 2. The molecule has 0 heterocycles. The predicted molar refractivity (Wildman–Crippen MR) is 70.2 cm³/mol. The number of halogens is 4. The molecule has 0 spiro atoms. The normalized spacial score (nSPS) is 15.4. The van der Waals surface area contributed by atoms with Gasteiger partial charge in [-0.2, -0.15) is 13.2 Å². The lowest BCUT2D eigenvalue weighted by Gasteiger charge is -2.25. The van der Waals surface area contributed by atoms with Gasteiger partial charge in [0.05, 0.1) is 5.69 Å². The molecule has 0 unspecified atom stereocenters. The molecule has 0 atom stereocenters. The van der Waals surface area contributed by atoms with Crippen molar-refractivity contribution in [2.45, 2.75) is 38.5 Å². The molecule has 20 heavy (non-hydrogen) atoms. The summed E-state index contributed by atoms with van der Waals surface area (Å²) in [6, 6.07) is 4.92. The maximum absolute atomic E-state index is 14.0. The van der Waals surface area contributed by atoms with Gasteiger partial charge in [0.25, 0.3) is 0 Å². The van der Waals surface area contributed by atoms with Crippen molar-refractivity contribution in [1.82, 2.24) is 5.32 Å². The SMILES string of the molecule is CCN(CC(F)(F)F)c1ccc(CNC2CC2)cc1F. The van der Waals surface area contributed by atoms with Crippen LogP contribution in [0.2, 0.25) is 0 Å². The first-order valence-corrected chi connectivity index (χ1v) is 6.72. The van der Waals surface area contributed by atoms with Gasteiger partial charge in [0.15, 0.2) is 0 Å². The lowest BCUT2D eigenvalue weighted by atomic mass is 10.1. The van der Waals surface area contributed by atoms with Gasteiger partial charge in [-0.25, -0.2) is 4.39 Å². The summed E-state index contributed by atoms with van der Waals surface area (Å²) in [4.78, 5) is 0.993. The first-order valence-electron chi connectivity index (χ1n) is 6.72. The summed E-state index contributed by atoms with van der Waals surface area (Å²) in [5.74, 6) is -0.605. The average molecular weight is 290 g/mol. The van der Waals surface area contributed by atoms with E-state index in [2.05, 4.69) is 5.32 Å². The quantitative estimate of drug-likeness (QED) is 0.807. The van der Waals surface area contributed by atoms with Crippen molar-refractivity contribution in [2.75, 3.05) is 18.0 Å².